The zero-order valence-corrected chi connectivity index (χ0v) is 12.0. The first-order valence-corrected chi connectivity index (χ1v) is 7.27. The van der Waals surface area contributed by atoms with E-state index in [1.54, 1.807) is 0 Å². The first kappa shape index (κ1) is 13.2. The summed E-state index contributed by atoms with van der Waals surface area (Å²) in [4.78, 5) is 13.9. The molecule has 3 heterocycles. The highest BCUT2D eigenvalue weighted by Crippen LogP contribution is 2.23. The topological polar surface area (TPSA) is 70.8 Å². The fourth-order valence-electron chi connectivity index (χ4n) is 3.06. The minimum absolute atomic E-state index is 0.220. The van der Waals surface area contributed by atoms with E-state index in [-0.39, 0.29) is 5.82 Å². The van der Waals surface area contributed by atoms with Crippen molar-refractivity contribution in [1.29, 1.82) is 0 Å². The molecule has 22 heavy (non-hydrogen) atoms. The number of rotatable bonds is 2. The molecular weight excluding hydrogens is 281 g/mol. The Morgan fingerprint density at radius 1 is 1.36 bits per heavy atom. The molecule has 0 fully saturated rings. The second-order valence-electron chi connectivity index (χ2n) is 5.66. The van der Waals surface area contributed by atoms with Crippen LogP contribution in [0.15, 0.2) is 30.6 Å². The van der Waals surface area contributed by atoms with E-state index in [0.29, 0.717) is 5.95 Å². The van der Waals surface area contributed by atoms with E-state index in [9.17, 15) is 4.39 Å². The third kappa shape index (κ3) is 2.31. The summed E-state index contributed by atoms with van der Waals surface area (Å²) in [6.07, 6.45) is 4.65. The maximum atomic E-state index is 13.2. The summed E-state index contributed by atoms with van der Waals surface area (Å²) in [6, 6.07) is 4.86. The van der Waals surface area contributed by atoms with Gasteiger partial charge in [-0.2, -0.15) is 0 Å². The molecule has 6 heteroatoms. The van der Waals surface area contributed by atoms with Crippen molar-refractivity contribution in [3.63, 3.8) is 0 Å². The molecule has 0 bridgehead atoms. The number of nitrogens with zero attached hydrogens (tertiary/aromatic N) is 3. The van der Waals surface area contributed by atoms with Crippen LogP contribution in [0.1, 0.15) is 16.8 Å². The fraction of sp³-hybridized carbons (Fsp3) is 0.250. The number of fused-ring (bicyclic) bond motifs is 2. The van der Waals surface area contributed by atoms with Gasteiger partial charge in [0.2, 0.25) is 5.95 Å². The summed E-state index contributed by atoms with van der Waals surface area (Å²) in [5.41, 5.74) is 9.82. The Balaban J connectivity index is 1.57. The van der Waals surface area contributed by atoms with Crippen LogP contribution in [-0.4, -0.2) is 26.4 Å². The lowest BCUT2D eigenvalue weighted by Crippen LogP contribution is -2.31. The van der Waals surface area contributed by atoms with Crippen LogP contribution in [0.3, 0.4) is 0 Å². The zero-order valence-electron chi connectivity index (χ0n) is 12.0. The summed E-state index contributed by atoms with van der Waals surface area (Å²) < 4.78 is 13.2. The van der Waals surface area contributed by atoms with E-state index in [4.69, 9.17) is 5.73 Å². The highest BCUT2D eigenvalue weighted by Gasteiger charge is 2.19. The number of aromatic nitrogens is 3. The molecule has 3 aromatic rings. The third-order valence-electron chi connectivity index (χ3n) is 4.16. The first-order valence-electron chi connectivity index (χ1n) is 7.27. The van der Waals surface area contributed by atoms with Crippen molar-refractivity contribution in [2.75, 3.05) is 12.3 Å². The van der Waals surface area contributed by atoms with Gasteiger partial charge in [0.1, 0.15) is 5.82 Å². The van der Waals surface area contributed by atoms with Crippen LogP contribution in [0.25, 0.3) is 10.9 Å². The Labute approximate surface area is 127 Å². The number of aromatic amines is 1. The molecule has 0 saturated heterocycles. The van der Waals surface area contributed by atoms with Gasteiger partial charge in [-0.15, -0.1) is 0 Å². The monoisotopic (exact) mass is 297 g/mol. The van der Waals surface area contributed by atoms with Crippen molar-refractivity contribution in [1.82, 2.24) is 19.9 Å². The number of anilines is 1. The molecule has 0 radical (unpaired) electrons. The molecule has 4 rings (SSSR count). The van der Waals surface area contributed by atoms with Gasteiger partial charge in [0.05, 0.1) is 5.69 Å². The van der Waals surface area contributed by atoms with Gasteiger partial charge in [0.25, 0.3) is 0 Å². The smallest absolute Gasteiger partial charge is 0.220 e. The Morgan fingerprint density at radius 3 is 3.18 bits per heavy atom. The van der Waals surface area contributed by atoms with Crippen molar-refractivity contribution in [2.24, 2.45) is 0 Å². The number of benzene rings is 1. The largest absolute Gasteiger partial charge is 0.368 e. The first-order chi connectivity index (χ1) is 10.7. The Morgan fingerprint density at radius 2 is 2.27 bits per heavy atom. The molecule has 3 N–H and O–H groups in total. The number of H-pyrrole nitrogens is 1. The number of hydrogen-bond donors (Lipinski definition) is 2. The number of hydrogen-bond acceptors (Lipinski definition) is 4. The zero-order chi connectivity index (χ0) is 15.1. The lowest BCUT2D eigenvalue weighted by atomic mass is 10.1. The van der Waals surface area contributed by atoms with Crippen LogP contribution in [0, 0.1) is 5.82 Å². The predicted octanol–water partition coefficient (Wildman–Crippen LogP) is 2.24. The Bertz CT molecular complexity index is 842. The van der Waals surface area contributed by atoms with Gasteiger partial charge in [0.15, 0.2) is 0 Å². The molecule has 2 aromatic heterocycles. The molecular formula is C16H16FN5. The van der Waals surface area contributed by atoms with E-state index >= 15 is 0 Å². The van der Waals surface area contributed by atoms with Gasteiger partial charge in [-0.25, -0.2) is 14.4 Å². The van der Waals surface area contributed by atoms with Crippen molar-refractivity contribution in [2.45, 2.75) is 19.5 Å². The SMILES string of the molecule is Nc1ncc2c(n1)CCN(Cc1c[nH]c3cc(F)ccc13)C2. The quantitative estimate of drug-likeness (QED) is 0.761. The lowest BCUT2D eigenvalue weighted by Gasteiger charge is -2.27. The van der Waals surface area contributed by atoms with Crippen molar-refractivity contribution in [3.8, 4) is 0 Å². The lowest BCUT2D eigenvalue weighted by molar-refractivity contribution is 0.244. The van der Waals surface area contributed by atoms with Crippen molar-refractivity contribution < 1.29 is 4.39 Å². The molecule has 1 aromatic carbocycles. The molecule has 1 aliphatic heterocycles. The van der Waals surface area contributed by atoms with E-state index < -0.39 is 0 Å². The standard InChI is InChI=1S/C16H16FN5/c17-12-1-2-13-10(6-19-15(13)5-12)8-22-4-3-14-11(9-22)7-20-16(18)21-14/h1-2,5-7,19H,3-4,8-9H2,(H2,18,20,21). The molecule has 0 amide bonds. The summed E-state index contributed by atoms with van der Waals surface area (Å²) in [5, 5.41) is 1.07. The minimum atomic E-state index is -0.220. The third-order valence-corrected chi connectivity index (χ3v) is 4.16. The second kappa shape index (κ2) is 5.06. The fourth-order valence-corrected chi connectivity index (χ4v) is 3.06. The number of nitrogens with two attached hydrogens (primary N) is 1. The highest BCUT2D eigenvalue weighted by atomic mass is 19.1. The Kier molecular flexibility index (Phi) is 3.04. The van der Waals surface area contributed by atoms with Crippen LogP contribution in [0.4, 0.5) is 10.3 Å². The van der Waals surface area contributed by atoms with E-state index in [1.165, 1.54) is 17.7 Å². The van der Waals surface area contributed by atoms with E-state index in [1.807, 2.05) is 18.5 Å². The summed E-state index contributed by atoms with van der Waals surface area (Å²) in [7, 11) is 0. The summed E-state index contributed by atoms with van der Waals surface area (Å²) >= 11 is 0. The normalized spacial score (nSPS) is 15.1. The van der Waals surface area contributed by atoms with Crippen molar-refractivity contribution in [3.05, 3.63) is 53.2 Å². The van der Waals surface area contributed by atoms with Crippen LogP contribution >= 0.6 is 0 Å². The second-order valence-corrected chi connectivity index (χ2v) is 5.66. The average molecular weight is 297 g/mol. The average Bonchev–Trinajstić information content (AvgIpc) is 2.89. The van der Waals surface area contributed by atoms with Gasteiger partial charge in [0, 0.05) is 54.9 Å². The summed E-state index contributed by atoms with van der Waals surface area (Å²) in [5.74, 6) is 0.119. The molecule has 5 nitrogen and oxygen atoms in total. The Hall–Kier alpha value is -2.47. The maximum absolute atomic E-state index is 13.2. The minimum Gasteiger partial charge on any atom is -0.368 e. The molecule has 1 aliphatic rings. The molecule has 0 atom stereocenters. The van der Waals surface area contributed by atoms with Crippen LogP contribution in [-0.2, 0) is 19.5 Å². The molecule has 0 spiro atoms. The predicted molar refractivity (Wildman–Crippen MR) is 82.5 cm³/mol. The molecule has 0 saturated carbocycles. The van der Waals surface area contributed by atoms with Gasteiger partial charge in [-0.3, -0.25) is 4.90 Å². The van der Waals surface area contributed by atoms with E-state index in [2.05, 4.69) is 19.9 Å². The van der Waals surface area contributed by atoms with Crippen LogP contribution in [0.5, 0.6) is 0 Å². The highest BCUT2D eigenvalue weighted by molar-refractivity contribution is 5.83. The van der Waals surface area contributed by atoms with Crippen molar-refractivity contribution >= 4 is 16.9 Å². The molecule has 0 unspecified atom stereocenters. The van der Waals surface area contributed by atoms with Crippen LogP contribution < -0.4 is 5.73 Å². The van der Waals surface area contributed by atoms with E-state index in [0.717, 1.165) is 48.2 Å². The maximum Gasteiger partial charge on any atom is 0.220 e. The van der Waals surface area contributed by atoms with Gasteiger partial charge in [-0.1, -0.05) is 0 Å². The van der Waals surface area contributed by atoms with Gasteiger partial charge in [-0.05, 0) is 23.8 Å². The molecule has 112 valence electrons. The summed E-state index contributed by atoms with van der Waals surface area (Å²) in [6.45, 7) is 2.55. The van der Waals surface area contributed by atoms with Gasteiger partial charge < -0.3 is 10.7 Å². The van der Waals surface area contributed by atoms with Crippen LogP contribution in [0.2, 0.25) is 0 Å². The number of nitrogen functional groups attached to an aromatic ring is 1. The number of halogens is 1. The number of nitrogens with one attached hydrogen (secondary N) is 1. The molecule has 0 aliphatic carbocycles. The van der Waals surface area contributed by atoms with Gasteiger partial charge >= 0.3 is 0 Å².